The number of nitrogens with one attached hydrogen (secondary N) is 3. The molecule has 6 nitrogen and oxygen atoms in total. The van der Waals surface area contributed by atoms with Crippen LogP contribution in [0.2, 0.25) is 0 Å². The van der Waals surface area contributed by atoms with E-state index in [-0.39, 0.29) is 17.5 Å². The SMILES string of the molecule is CC(=O)N/C(=C\c1cccc2ccccc12)C(=O)N[C@@H](C)C(=O)NC(C)(C)C. The Morgan fingerprint density at radius 1 is 1.00 bits per heavy atom. The molecule has 2 aromatic carbocycles. The Hall–Kier alpha value is -3.15. The molecule has 0 aromatic heterocycles. The first-order valence-electron chi connectivity index (χ1n) is 9.17. The first kappa shape index (κ1) is 21.2. The fourth-order valence-electron chi connectivity index (χ4n) is 2.70. The van der Waals surface area contributed by atoms with E-state index in [0.29, 0.717) is 0 Å². The number of rotatable bonds is 5. The Balaban J connectivity index is 2.30. The van der Waals surface area contributed by atoms with Gasteiger partial charge in [0.05, 0.1) is 0 Å². The smallest absolute Gasteiger partial charge is 0.268 e. The molecule has 3 N–H and O–H groups in total. The molecule has 0 heterocycles. The fraction of sp³-hybridized carbons (Fsp3) is 0.318. The average molecular weight is 381 g/mol. The van der Waals surface area contributed by atoms with Gasteiger partial charge in [0, 0.05) is 12.5 Å². The number of hydrogen-bond acceptors (Lipinski definition) is 3. The number of benzene rings is 2. The Kier molecular flexibility index (Phi) is 6.57. The summed E-state index contributed by atoms with van der Waals surface area (Å²) in [5.74, 6) is -1.19. The van der Waals surface area contributed by atoms with Gasteiger partial charge in [0.15, 0.2) is 0 Å². The van der Waals surface area contributed by atoms with Crippen molar-refractivity contribution in [2.24, 2.45) is 0 Å². The van der Waals surface area contributed by atoms with E-state index in [0.717, 1.165) is 16.3 Å². The summed E-state index contributed by atoms with van der Waals surface area (Å²) in [6.45, 7) is 8.52. The van der Waals surface area contributed by atoms with Crippen LogP contribution in [-0.2, 0) is 14.4 Å². The van der Waals surface area contributed by atoms with Crippen LogP contribution in [-0.4, -0.2) is 29.3 Å². The van der Waals surface area contributed by atoms with Crippen LogP contribution in [0.5, 0.6) is 0 Å². The molecular weight excluding hydrogens is 354 g/mol. The predicted molar refractivity (Wildman–Crippen MR) is 111 cm³/mol. The van der Waals surface area contributed by atoms with Crippen LogP contribution in [0, 0.1) is 0 Å². The van der Waals surface area contributed by atoms with Gasteiger partial charge in [-0.3, -0.25) is 14.4 Å². The van der Waals surface area contributed by atoms with Crippen molar-refractivity contribution in [3.63, 3.8) is 0 Å². The van der Waals surface area contributed by atoms with E-state index in [1.165, 1.54) is 6.92 Å². The average Bonchev–Trinajstić information content (AvgIpc) is 2.59. The van der Waals surface area contributed by atoms with Crippen LogP contribution in [0.4, 0.5) is 0 Å². The summed E-state index contributed by atoms with van der Waals surface area (Å²) in [6, 6.07) is 12.8. The Labute approximate surface area is 165 Å². The molecule has 0 aliphatic heterocycles. The topological polar surface area (TPSA) is 87.3 Å². The van der Waals surface area contributed by atoms with Gasteiger partial charge in [-0.05, 0) is 50.1 Å². The van der Waals surface area contributed by atoms with Gasteiger partial charge in [0.2, 0.25) is 11.8 Å². The maximum atomic E-state index is 12.7. The summed E-state index contributed by atoms with van der Waals surface area (Å²) in [7, 11) is 0. The lowest BCUT2D eigenvalue weighted by Gasteiger charge is -2.24. The molecule has 148 valence electrons. The van der Waals surface area contributed by atoms with Gasteiger partial charge in [0.1, 0.15) is 11.7 Å². The molecule has 1 atom stereocenters. The highest BCUT2D eigenvalue weighted by Gasteiger charge is 2.22. The van der Waals surface area contributed by atoms with Gasteiger partial charge in [-0.15, -0.1) is 0 Å². The molecule has 0 saturated heterocycles. The van der Waals surface area contributed by atoms with Crippen molar-refractivity contribution in [1.82, 2.24) is 16.0 Å². The molecule has 0 radical (unpaired) electrons. The number of amides is 3. The lowest BCUT2D eigenvalue weighted by atomic mass is 10.0. The number of carbonyl (C=O) groups excluding carboxylic acids is 3. The standard InChI is InChI=1S/C22H27N3O3/c1-14(20(27)25-22(3,4)5)23-21(28)19(24-15(2)26)13-17-11-8-10-16-9-6-7-12-18(16)17/h6-14H,1-5H3,(H,23,28)(H,24,26)(H,25,27)/b19-13-/t14-/m0/s1. The van der Waals surface area contributed by atoms with Crippen LogP contribution >= 0.6 is 0 Å². The number of fused-ring (bicyclic) bond motifs is 1. The van der Waals surface area contributed by atoms with Crippen molar-refractivity contribution in [1.29, 1.82) is 0 Å². The molecule has 0 fully saturated rings. The third-order valence-corrected chi connectivity index (χ3v) is 3.92. The van der Waals surface area contributed by atoms with Gasteiger partial charge < -0.3 is 16.0 Å². The van der Waals surface area contributed by atoms with Crippen molar-refractivity contribution < 1.29 is 14.4 Å². The van der Waals surface area contributed by atoms with Crippen LogP contribution in [0.3, 0.4) is 0 Å². The number of carbonyl (C=O) groups is 3. The summed E-state index contributed by atoms with van der Waals surface area (Å²) in [6.07, 6.45) is 1.62. The van der Waals surface area contributed by atoms with Crippen molar-refractivity contribution >= 4 is 34.6 Å². The van der Waals surface area contributed by atoms with Gasteiger partial charge in [-0.2, -0.15) is 0 Å². The van der Waals surface area contributed by atoms with Crippen molar-refractivity contribution in [3.8, 4) is 0 Å². The van der Waals surface area contributed by atoms with Gasteiger partial charge in [0.25, 0.3) is 5.91 Å². The van der Waals surface area contributed by atoms with E-state index in [2.05, 4.69) is 16.0 Å². The van der Waals surface area contributed by atoms with Crippen LogP contribution in [0.25, 0.3) is 16.8 Å². The molecule has 0 aliphatic rings. The molecule has 0 aliphatic carbocycles. The lowest BCUT2D eigenvalue weighted by molar-refractivity contribution is -0.128. The molecule has 2 aromatic rings. The monoisotopic (exact) mass is 381 g/mol. The minimum atomic E-state index is -0.753. The van der Waals surface area contributed by atoms with E-state index >= 15 is 0 Å². The Morgan fingerprint density at radius 3 is 2.29 bits per heavy atom. The highest BCUT2D eigenvalue weighted by atomic mass is 16.2. The molecule has 28 heavy (non-hydrogen) atoms. The normalized spacial score (nSPS) is 13.0. The highest BCUT2D eigenvalue weighted by Crippen LogP contribution is 2.20. The van der Waals surface area contributed by atoms with Gasteiger partial charge in [-0.25, -0.2) is 0 Å². The van der Waals surface area contributed by atoms with Crippen LogP contribution < -0.4 is 16.0 Å². The molecular formula is C22H27N3O3. The lowest BCUT2D eigenvalue weighted by Crippen LogP contribution is -2.51. The van der Waals surface area contributed by atoms with Gasteiger partial charge >= 0.3 is 0 Å². The predicted octanol–water partition coefficient (Wildman–Crippen LogP) is 2.74. The zero-order valence-corrected chi connectivity index (χ0v) is 16.9. The molecule has 0 spiro atoms. The molecule has 3 amide bonds. The minimum Gasteiger partial charge on any atom is -0.350 e. The third-order valence-electron chi connectivity index (χ3n) is 3.92. The largest absolute Gasteiger partial charge is 0.350 e. The minimum absolute atomic E-state index is 0.0826. The first-order chi connectivity index (χ1) is 13.1. The third kappa shape index (κ3) is 5.94. The Bertz CT molecular complexity index is 921. The summed E-state index contributed by atoms with van der Waals surface area (Å²) in [4.78, 5) is 36.6. The Morgan fingerprint density at radius 2 is 1.64 bits per heavy atom. The summed E-state index contributed by atoms with van der Waals surface area (Å²) in [5, 5.41) is 10.0. The van der Waals surface area contributed by atoms with Crippen molar-refractivity contribution in [3.05, 3.63) is 53.7 Å². The maximum Gasteiger partial charge on any atom is 0.268 e. The van der Waals surface area contributed by atoms with Gasteiger partial charge in [-0.1, -0.05) is 42.5 Å². The second-order valence-electron chi connectivity index (χ2n) is 7.74. The second-order valence-corrected chi connectivity index (χ2v) is 7.74. The van der Waals surface area contributed by atoms with Crippen LogP contribution in [0.15, 0.2) is 48.2 Å². The molecule has 0 unspecified atom stereocenters. The summed E-state index contributed by atoms with van der Waals surface area (Å²) in [5.41, 5.74) is 0.470. The first-order valence-corrected chi connectivity index (χ1v) is 9.17. The maximum absolute atomic E-state index is 12.7. The zero-order valence-electron chi connectivity index (χ0n) is 16.9. The van der Waals surface area contributed by atoms with E-state index in [1.54, 1.807) is 13.0 Å². The van der Waals surface area contributed by atoms with Crippen molar-refractivity contribution in [2.45, 2.75) is 46.2 Å². The van der Waals surface area contributed by atoms with Crippen molar-refractivity contribution in [2.75, 3.05) is 0 Å². The molecule has 2 rings (SSSR count). The summed E-state index contributed by atoms with van der Waals surface area (Å²) >= 11 is 0. The number of hydrogen-bond donors (Lipinski definition) is 3. The highest BCUT2D eigenvalue weighted by molar-refractivity contribution is 6.04. The molecule has 0 saturated carbocycles. The summed E-state index contributed by atoms with van der Waals surface area (Å²) < 4.78 is 0. The molecule has 6 heteroatoms. The van der Waals surface area contributed by atoms with E-state index in [4.69, 9.17) is 0 Å². The fourth-order valence-corrected chi connectivity index (χ4v) is 2.70. The van der Waals surface area contributed by atoms with E-state index in [1.807, 2.05) is 63.2 Å². The molecule has 0 bridgehead atoms. The van der Waals surface area contributed by atoms with Crippen LogP contribution in [0.1, 0.15) is 40.2 Å². The van der Waals surface area contributed by atoms with E-state index in [9.17, 15) is 14.4 Å². The second kappa shape index (κ2) is 8.69. The zero-order chi connectivity index (χ0) is 20.9. The quantitative estimate of drug-likeness (QED) is 0.696. The van der Waals surface area contributed by atoms with E-state index < -0.39 is 17.5 Å².